The van der Waals surface area contributed by atoms with Crippen molar-refractivity contribution in [3.05, 3.63) is 29.8 Å². The molecule has 1 N–H and O–H groups in total. The number of nitrogens with zero attached hydrogens (tertiary/aromatic N) is 2. The Balaban J connectivity index is 1.68. The molecule has 1 aromatic rings. The van der Waals surface area contributed by atoms with E-state index in [2.05, 4.69) is 9.71 Å². The van der Waals surface area contributed by atoms with E-state index in [4.69, 9.17) is 0 Å². The summed E-state index contributed by atoms with van der Waals surface area (Å²) >= 11 is 0. The Morgan fingerprint density at radius 3 is 2.81 bits per heavy atom. The molecule has 8 nitrogen and oxygen atoms in total. The summed E-state index contributed by atoms with van der Waals surface area (Å²) in [5.41, 5.74) is 0.563. The maximum Gasteiger partial charge on any atom is 0.285 e. The van der Waals surface area contributed by atoms with Gasteiger partial charge >= 0.3 is 0 Å². The number of hydrogen-bond donors (Lipinski definition) is 1. The number of carbonyl (C=O) groups excluding carboxylic acids is 1. The lowest BCUT2D eigenvalue weighted by Gasteiger charge is -2.33. The number of hydrogen-bond acceptors (Lipinski definition) is 6. The molecular weight excluding hydrogens is 390 g/mol. The van der Waals surface area contributed by atoms with Gasteiger partial charge in [-0.3, -0.25) is 4.79 Å². The molecule has 1 unspecified atom stereocenters. The Bertz CT molecular complexity index is 970. The molecule has 2 aliphatic rings. The van der Waals surface area contributed by atoms with Crippen LogP contribution in [0, 0.1) is 5.92 Å². The topological polar surface area (TPSA) is 113 Å². The first-order chi connectivity index (χ1) is 12.7. The van der Waals surface area contributed by atoms with E-state index >= 15 is 0 Å². The molecule has 10 heteroatoms. The van der Waals surface area contributed by atoms with Crippen molar-refractivity contribution in [3.63, 3.8) is 0 Å². The second kappa shape index (κ2) is 7.59. The minimum atomic E-state index is -3.70. The molecule has 2 aliphatic heterocycles. The second-order valence-electron chi connectivity index (χ2n) is 6.70. The third-order valence-electron chi connectivity index (χ3n) is 4.86. The van der Waals surface area contributed by atoms with Gasteiger partial charge in [0.05, 0.1) is 11.7 Å². The van der Waals surface area contributed by atoms with Gasteiger partial charge in [0.2, 0.25) is 5.91 Å². The maximum absolute atomic E-state index is 12.4. The van der Waals surface area contributed by atoms with Crippen molar-refractivity contribution >= 4 is 31.6 Å². The van der Waals surface area contributed by atoms with Crippen LogP contribution in [0.3, 0.4) is 0 Å². The van der Waals surface area contributed by atoms with Gasteiger partial charge in [-0.2, -0.15) is 8.42 Å². The van der Waals surface area contributed by atoms with Crippen LogP contribution in [0.5, 0.6) is 0 Å². The number of benzene rings is 1. The zero-order valence-electron chi connectivity index (χ0n) is 15.1. The highest BCUT2D eigenvalue weighted by atomic mass is 32.2. The van der Waals surface area contributed by atoms with Gasteiger partial charge in [0.25, 0.3) is 10.0 Å². The molecule has 1 saturated heterocycles. The molecule has 0 spiro atoms. The first kappa shape index (κ1) is 19.8. The van der Waals surface area contributed by atoms with E-state index in [-0.39, 0.29) is 34.8 Å². The SMILES string of the molecule is CCS(=O)(=O)CCNC(=O)C1CCCN(C2=NS(=O)(=O)c3ccccc32)C1. The zero-order chi connectivity index (χ0) is 19.7. The molecule has 27 heavy (non-hydrogen) atoms. The number of sulfonamides is 1. The average Bonchev–Trinajstić information content (AvgIpc) is 2.93. The van der Waals surface area contributed by atoms with Crippen LogP contribution in [0.4, 0.5) is 0 Å². The van der Waals surface area contributed by atoms with Crippen LogP contribution >= 0.6 is 0 Å². The average molecular weight is 414 g/mol. The van der Waals surface area contributed by atoms with Crippen LogP contribution in [-0.4, -0.2) is 64.6 Å². The Labute approximate surface area is 159 Å². The van der Waals surface area contributed by atoms with E-state index in [1.54, 1.807) is 25.1 Å². The normalized spacial score (nSPS) is 21.4. The van der Waals surface area contributed by atoms with E-state index in [0.717, 1.165) is 6.42 Å². The Morgan fingerprint density at radius 1 is 1.33 bits per heavy atom. The van der Waals surface area contributed by atoms with Gasteiger partial charge in [0.15, 0.2) is 15.7 Å². The Kier molecular flexibility index (Phi) is 5.57. The molecule has 1 amide bonds. The monoisotopic (exact) mass is 413 g/mol. The van der Waals surface area contributed by atoms with Gasteiger partial charge in [-0.25, -0.2) is 8.42 Å². The molecule has 0 radical (unpaired) electrons. The van der Waals surface area contributed by atoms with Crippen molar-refractivity contribution in [2.24, 2.45) is 10.3 Å². The van der Waals surface area contributed by atoms with Crippen molar-refractivity contribution in [1.29, 1.82) is 0 Å². The fourth-order valence-corrected chi connectivity index (χ4v) is 5.25. The number of sulfone groups is 1. The van der Waals surface area contributed by atoms with Gasteiger partial charge < -0.3 is 10.2 Å². The molecular formula is C17H23N3O5S2. The molecule has 1 aromatic carbocycles. The summed E-state index contributed by atoms with van der Waals surface area (Å²) in [5, 5.41) is 2.69. The minimum absolute atomic E-state index is 0.0494. The molecule has 148 valence electrons. The van der Waals surface area contributed by atoms with Crippen LogP contribution in [0.1, 0.15) is 25.3 Å². The summed E-state index contributed by atoms with van der Waals surface area (Å²) in [6.07, 6.45) is 1.40. The van der Waals surface area contributed by atoms with Gasteiger partial charge in [-0.05, 0) is 25.0 Å². The molecule has 1 fully saturated rings. The molecule has 1 atom stereocenters. The van der Waals surface area contributed by atoms with Gasteiger partial charge in [0.1, 0.15) is 4.90 Å². The van der Waals surface area contributed by atoms with E-state index in [1.165, 1.54) is 6.07 Å². The molecule has 0 saturated carbocycles. The van der Waals surface area contributed by atoms with E-state index in [1.807, 2.05) is 4.90 Å². The molecule has 3 rings (SSSR count). The standard InChI is InChI=1S/C17H23N3O5S2/c1-2-26(22,23)11-9-18-17(21)13-6-5-10-20(12-13)16-14-7-3-4-8-15(14)27(24,25)19-16/h3-4,7-8,13H,2,5-6,9-12H2,1H3,(H,18,21). The van der Waals surface area contributed by atoms with E-state index in [9.17, 15) is 21.6 Å². The molecule has 2 heterocycles. The van der Waals surface area contributed by atoms with Crippen molar-refractivity contribution < 1.29 is 21.6 Å². The lowest BCUT2D eigenvalue weighted by atomic mass is 9.96. The molecule has 0 aromatic heterocycles. The first-order valence-corrected chi connectivity index (χ1v) is 12.2. The fraction of sp³-hybridized carbons (Fsp3) is 0.529. The predicted molar refractivity (Wildman–Crippen MR) is 102 cm³/mol. The van der Waals surface area contributed by atoms with E-state index in [0.29, 0.717) is 30.9 Å². The van der Waals surface area contributed by atoms with Crippen LogP contribution in [0.15, 0.2) is 33.6 Å². The predicted octanol–water partition coefficient (Wildman–Crippen LogP) is 0.398. The zero-order valence-corrected chi connectivity index (χ0v) is 16.7. The van der Waals surface area contributed by atoms with Gasteiger partial charge in [-0.15, -0.1) is 4.40 Å². The number of fused-ring (bicyclic) bond motifs is 1. The number of amidine groups is 1. The number of amides is 1. The highest BCUT2D eigenvalue weighted by Gasteiger charge is 2.35. The van der Waals surface area contributed by atoms with Crippen LogP contribution in [0.25, 0.3) is 0 Å². The lowest BCUT2D eigenvalue weighted by molar-refractivity contribution is -0.126. The molecule has 0 bridgehead atoms. The van der Waals surface area contributed by atoms with Crippen LogP contribution in [-0.2, 0) is 24.7 Å². The lowest BCUT2D eigenvalue weighted by Crippen LogP contribution is -2.46. The number of likely N-dealkylation sites (tertiary alicyclic amines) is 1. The van der Waals surface area contributed by atoms with Gasteiger partial charge in [-0.1, -0.05) is 19.1 Å². The Hall–Kier alpha value is -1.94. The smallest absolute Gasteiger partial charge is 0.285 e. The summed E-state index contributed by atoms with van der Waals surface area (Å²) in [6.45, 7) is 2.64. The van der Waals surface area contributed by atoms with E-state index < -0.39 is 19.9 Å². The van der Waals surface area contributed by atoms with Crippen molar-refractivity contribution in [1.82, 2.24) is 10.2 Å². The van der Waals surface area contributed by atoms with Crippen molar-refractivity contribution in [2.45, 2.75) is 24.7 Å². The summed E-state index contributed by atoms with van der Waals surface area (Å²) < 4.78 is 51.4. The van der Waals surface area contributed by atoms with Crippen LogP contribution < -0.4 is 5.32 Å². The van der Waals surface area contributed by atoms with Crippen molar-refractivity contribution in [3.8, 4) is 0 Å². The third-order valence-corrected chi connectivity index (χ3v) is 7.89. The third kappa shape index (κ3) is 4.32. The number of nitrogens with one attached hydrogen (secondary N) is 1. The highest BCUT2D eigenvalue weighted by molar-refractivity contribution is 7.91. The fourth-order valence-electron chi connectivity index (χ4n) is 3.32. The maximum atomic E-state index is 12.4. The summed E-state index contributed by atoms with van der Waals surface area (Å²) in [6, 6.07) is 6.67. The number of piperidine rings is 1. The van der Waals surface area contributed by atoms with Gasteiger partial charge in [0, 0.05) is 31.0 Å². The Morgan fingerprint density at radius 2 is 2.07 bits per heavy atom. The summed E-state index contributed by atoms with van der Waals surface area (Å²) in [4.78, 5) is 14.4. The second-order valence-corrected chi connectivity index (χ2v) is 10.7. The molecule has 0 aliphatic carbocycles. The number of rotatable bonds is 5. The number of carbonyl (C=O) groups is 1. The highest BCUT2D eigenvalue weighted by Crippen LogP contribution is 2.29. The largest absolute Gasteiger partial charge is 0.355 e. The first-order valence-electron chi connectivity index (χ1n) is 8.91. The quantitative estimate of drug-likeness (QED) is 0.748. The minimum Gasteiger partial charge on any atom is -0.355 e. The summed E-state index contributed by atoms with van der Waals surface area (Å²) in [5.74, 6) is -0.184. The van der Waals surface area contributed by atoms with Crippen LogP contribution in [0.2, 0.25) is 0 Å². The van der Waals surface area contributed by atoms with Crippen molar-refractivity contribution in [2.75, 3.05) is 31.1 Å². The summed E-state index contributed by atoms with van der Waals surface area (Å²) in [7, 11) is -6.82.